The molecule has 0 radical (unpaired) electrons. The molecule has 0 saturated heterocycles. The third-order valence-corrected chi connectivity index (χ3v) is 4.36. The van der Waals surface area contributed by atoms with Crippen LogP contribution in [0.1, 0.15) is 11.8 Å². The molecular weight excluding hydrogens is 338 g/mol. The van der Waals surface area contributed by atoms with Gasteiger partial charge >= 0.3 is 0 Å². The number of aryl methyl sites for hydroxylation is 1. The molecule has 0 aliphatic carbocycles. The second-order valence-corrected chi connectivity index (χ2v) is 6.15. The largest absolute Gasteiger partial charge is 0.378 e. The van der Waals surface area contributed by atoms with Gasteiger partial charge in [0.25, 0.3) is 5.56 Å². The monoisotopic (exact) mass is 347 g/mol. The first-order chi connectivity index (χ1) is 8.61. The fourth-order valence-corrected chi connectivity index (χ4v) is 2.92. The summed E-state index contributed by atoms with van der Waals surface area (Å²) in [7, 11) is 0. The van der Waals surface area contributed by atoms with Crippen molar-refractivity contribution >= 4 is 44.6 Å². The van der Waals surface area contributed by atoms with Gasteiger partial charge in [0.15, 0.2) is 0 Å². The molecule has 0 fully saturated rings. The summed E-state index contributed by atoms with van der Waals surface area (Å²) >= 11 is 10.7. The van der Waals surface area contributed by atoms with Gasteiger partial charge in [0.1, 0.15) is 4.47 Å². The zero-order chi connectivity index (χ0) is 13.1. The molecule has 7 heteroatoms. The highest BCUT2D eigenvalue weighted by atomic mass is 79.9. The highest BCUT2D eigenvalue weighted by Gasteiger charge is 2.08. The van der Waals surface area contributed by atoms with Crippen LogP contribution in [0.2, 0.25) is 4.34 Å². The molecule has 0 aliphatic heterocycles. The van der Waals surface area contributed by atoms with Crippen LogP contribution in [0.15, 0.2) is 27.6 Å². The van der Waals surface area contributed by atoms with E-state index in [1.165, 1.54) is 16.0 Å². The van der Waals surface area contributed by atoms with Gasteiger partial charge in [-0.1, -0.05) is 11.6 Å². The van der Waals surface area contributed by atoms with Crippen molar-refractivity contribution < 1.29 is 0 Å². The molecule has 96 valence electrons. The molecule has 2 aromatic heterocycles. The van der Waals surface area contributed by atoms with Crippen LogP contribution in [-0.2, 0) is 13.1 Å². The molecule has 0 aliphatic rings. The number of hydrogen-bond donors (Lipinski definition) is 1. The zero-order valence-electron chi connectivity index (χ0n) is 9.61. The van der Waals surface area contributed by atoms with Crippen LogP contribution in [0, 0.1) is 0 Å². The number of anilines is 1. The van der Waals surface area contributed by atoms with E-state index >= 15 is 0 Å². The van der Waals surface area contributed by atoms with E-state index in [2.05, 4.69) is 26.3 Å². The van der Waals surface area contributed by atoms with E-state index < -0.39 is 0 Å². The molecule has 1 N–H and O–H groups in total. The van der Waals surface area contributed by atoms with Gasteiger partial charge in [-0.05, 0) is 35.0 Å². The second kappa shape index (κ2) is 5.86. The summed E-state index contributed by atoms with van der Waals surface area (Å²) in [6.45, 7) is 3.05. The van der Waals surface area contributed by atoms with Crippen LogP contribution in [0.25, 0.3) is 0 Å². The summed E-state index contributed by atoms with van der Waals surface area (Å²) < 4.78 is 2.66. The van der Waals surface area contributed by atoms with Crippen LogP contribution in [0.5, 0.6) is 0 Å². The number of hydrogen-bond acceptors (Lipinski definition) is 4. The van der Waals surface area contributed by atoms with Gasteiger partial charge in [-0.3, -0.25) is 4.79 Å². The summed E-state index contributed by atoms with van der Waals surface area (Å²) in [6.07, 6.45) is 1.64. The normalized spacial score (nSPS) is 10.6. The molecular formula is C11H11BrClN3OS. The Kier molecular flexibility index (Phi) is 4.42. The van der Waals surface area contributed by atoms with E-state index in [1.54, 1.807) is 6.20 Å². The van der Waals surface area contributed by atoms with E-state index in [0.717, 1.165) is 9.21 Å². The zero-order valence-corrected chi connectivity index (χ0v) is 12.8. The van der Waals surface area contributed by atoms with Gasteiger partial charge < -0.3 is 5.32 Å². The van der Waals surface area contributed by atoms with Crippen LogP contribution in [0.4, 0.5) is 5.69 Å². The predicted octanol–water partition coefficient (Wildman–Crippen LogP) is 3.35. The lowest BCUT2D eigenvalue weighted by molar-refractivity contribution is 0.613. The standard InChI is InChI=1S/C11H11BrClN3OS/c1-2-16-11(17)10(12)8(6-15-16)14-5-7-3-4-9(13)18-7/h3-4,6,14H,2,5H2,1H3. The molecule has 0 aromatic carbocycles. The second-order valence-electron chi connectivity index (χ2n) is 3.55. The number of thiophene rings is 1. The van der Waals surface area contributed by atoms with Crippen LogP contribution in [-0.4, -0.2) is 9.78 Å². The van der Waals surface area contributed by atoms with Crippen molar-refractivity contribution in [3.63, 3.8) is 0 Å². The minimum absolute atomic E-state index is 0.133. The average Bonchev–Trinajstić information content (AvgIpc) is 2.77. The number of nitrogens with zero attached hydrogens (tertiary/aromatic N) is 2. The molecule has 18 heavy (non-hydrogen) atoms. The average molecular weight is 349 g/mol. The van der Waals surface area contributed by atoms with Gasteiger partial charge in [0.2, 0.25) is 0 Å². The predicted molar refractivity (Wildman–Crippen MR) is 78.5 cm³/mol. The third kappa shape index (κ3) is 2.93. The minimum Gasteiger partial charge on any atom is -0.378 e. The van der Waals surface area contributed by atoms with E-state index in [4.69, 9.17) is 11.6 Å². The Morgan fingerprint density at radius 3 is 2.94 bits per heavy atom. The quantitative estimate of drug-likeness (QED) is 0.921. The van der Waals surface area contributed by atoms with Gasteiger partial charge in [0.05, 0.1) is 16.2 Å². The van der Waals surface area contributed by atoms with Crippen LogP contribution < -0.4 is 10.9 Å². The molecule has 2 heterocycles. The highest BCUT2D eigenvalue weighted by molar-refractivity contribution is 9.10. The lowest BCUT2D eigenvalue weighted by Gasteiger charge is -2.08. The van der Waals surface area contributed by atoms with E-state index in [0.29, 0.717) is 23.2 Å². The summed E-state index contributed by atoms with van der Waals surface area (Å²) in [5.41, 5.74) is 0.556. The molecule has 0 spiro atoms. The van der Waals surface area contributed by atoms with Crippen LogP contribution in [0.3, 0.4) is 0 Å². The number of aromatic nitrogens is 2. The molecule has 0 bridgehead atoms. The Morgan fingerprint density at radius 2 is 2.33 bits per heavy atom. The van der Waals surface area contributed by atoms with E-state index in [1.807, 2.05) is 19.1 Å². The van der Waals surface area contributed by atoms with Gasteiger partial charge in [0, 0.05) is 18.0 Å². The molecule has 2 rings (SSSR count). The topological polar surface area (TPSA) is 46.9 Å². The van der Waals surface area contributed by atoms with Crippen molar-refractivity contribution in [3.8, 4) is 0 Å². The maximum absolute atomic E-state index is 11.8. The summed E-state index contributed by atoms with van der Waals surface area (Å²) in [5.74, 6) is 0. The summed E-state index contributed by atoms with van der Waals surface area (Å²) in [4.78, 5) is 12.9. The fraction of sp³-hybridized carbons (Fsp3) is 0.273. The van der Waals surface area contributed by atoms with Crippen molar-refractivity contribution in [2.45, 2.75) is 20.0 Å². The Hall–Kier alpha value is -0.850. The Morgan fingerprint density at radius 1 is 1.56 bits per heavy atom. The highest BCUT2D eigenvalue weighted by Crippen LogP contribution is 2.23. The Balaban J connectivity index is 2.15. The lowest BCUT2D eigenvalue weighted by Crippen LogP contribution is -2.23. The first-order valence-electron chi connectivity index (χ1n) is 5.35. The Bertz CT molecular complexity index is 611. The molecule has 2 aromatic rings. The van der Waals surface area contributed by atoms with Crippen molar-refractivity contribution in [3.05, 3.63) is 42.4 Å². The maximum Gasteiger partial charge on any atom is 0.283 e. The Labute approximate surface area is 122 Å². The van der Waals surface area contributed by atoms with Crippen LogP contribution >= 0.6 is 38.9 Å². The first kappa shape index (κ1) is 13.6. The first-order valence-corrected chi connectivity index (χ1v) is 7.34. The number of rotatable bonds is 4. The van der Waals surface area contributed by atoms with Gasteiger partial charge in [-0.2, -0.15) is 5.10 Å². The number of nitrogens with one attached hydrogen (secondary N) is 1. The van der Waals surface area contributed by atoms with Crippen molar-refractivity contribution in [2.24, 2.45) is 0 Å². The fourth-order valence-electron chi connectivity index (χ4n) is 1.44. The maximum atomic E-state index is 11.8. The van der Waals surface area contributed by atoms with Gasteiger partial charge in [-0.25, -0.2) is 4.68 Å². The molecule has 0 atom stereocenters. The smallest absolute Gasteiger partial charge is 0.283 e. The van der Waals surface area contributed by atoms with Crippen molar-refractivity contribution in [1.29, 1.82) is 0 Å². The third-order valence-electron chi connectivity index (χ3n) is 2.37. The summed E-state index contributed by atoms with van der Waals surface area (Å²) in [6, 6.07) is 3.81. The van der Waals surface area contributed by atoms with Crippen molar-refractivity contribution in [1.82, 2.24) is 9.78 Å². The van der Waals surface area contributed by atoms with E-state index in [-0.39, 0.29) is 5.56 Å². The molecule has 0 amide bonds. The molecule has 0 unspecified atom stereocenters. The van der Waals surface area contributed by atoms with Gasteiger partial charge in [-0.15, -0.1) is 11.3 Å². The molecule has 0 saturated carbocycles. The van der Waals surface area contributed by atoms with Crippen molar-refractivity contribution in [2.75, 3.05) is 5.32 Å². The minimum atomic E-state index is -0.133. The summed E-state index contributed by atoms with van der Waals surface area (Å²) in [5, 5.41) is 7.23. The molecule has 4 nitrogen and oxygen atoms in total. The number of halogens is 2. The lowest BCUT2D eigenvalue weighted by atomic mass is 10.4. The van der Waals surface area contributed by atoms with E-state index in [9.17, 15) is 4.79 Å². The SMILES string of the molecule is CCn1ncc(NCc2ccc(Cl)s2)c(Br)c1=O.